The van der Waals surface area contributed by atoms with Gasteiger partial charge in [-0.1, -0.05) is 42.3 Å². The van der Waals surface area contributed by atoms with E-state index in [0.717, 1.165) is 11.1 Å². The standard InChI is InChI=1S/C28H37ClN2O6/c1-17-9-7-8-11-28(35-6)16-22(36-26(33)30-28)18(2)25-27(3,37-25)12-10-23(32)31(4)20-14-19(13-17)15-21(34-5)24(20)29/h7-9,14-15,18,22,25H,10-13,16H2,1-6H3,(H,30,33)/b8-7+,17-9+/t18-,22+,25+,27+,28-/m1/s1. The summed E-state index contributed by atoms with van der Waals surface area (Å²) >= 11 is 6.61. The van der Waals surface area contributed by atoms with Crippen LogP contribution in [0.3, 0.4) is 0 Å². The Kier molecular flexibility index (Phi) is 7.93. The SMILES string of the molecule is COc1cc2cc(c1Cl)N(C)C(=O)CC[C@]1(C)O[C@H]1[C@H](C)[C@@H]1C[C@](OC)(C/C=C/C=C(\C)C2)NC(=O)O1. The lowest BCUT2D eigenvalue weighted by molar-refractivity contribution is -0.118. The first-order valence-corrected chi connectivity index (χ1v) is 13.1. The number of carbonyl (C=O) groups excluding carboxylic acids is 2. The monoisotopic (exact) mass is 532 g/mol. The number of amides is 2. The van der Waals surface area contributed by atoms with Gasteiger partial charge in [-0.3, -0.25) is 10.1 Å². The minimum atomic E-state index is -0.863. The summed E-state index contributed by atoms with van der Waals surface area (Å²) in [5.74, 6) is 0.394. The number of hydrogen-bond donors (Lipinski definition) is 1. The number of allylic oxidation sites excluding steroid dienone is 3. The molecule has 1 N–H and O–H groups in total. The lowest BCUT2D eigenvalue weighted by Crippen LogP contribution is -2.58. The van der Waals surface area contributed by atoms with Crippen LogP contribution in [0.25, 0.3) is 0 Å². The van der Waals surface area contributed by atoms with E-state index in [0.29, 0.717) is 42.1 Å². The quantitative estimate of drug-likeness (QED) is 0.528. The van der Waals surface area contributed by atoms with Crippen LogP contribution in [0, 0.1) is 5.92 Å². The van der Waals surface area contributed by atoms with E-state index < -0.39 is 17.4 Å². The zero-order valence-corrected chi connectivity index (χ0v) is 23.2. The lowest BCUT2D eigenvalue weighted by atomic mass is 9.85. The second-order valence-corrected chi connectivity index (χ2v) is 11.0. The van der Waals surface area contributed by atoms with Gasteiger partial charge in [-0.15, -0.1) is 0 Å². The minimum absolute atomic E-state index is 0.0657. The number of ether oxygens (including phenoxy) is 4. The van der Waals surface area contributed by atoms with Crippen molar-refractivity contribution in [1.29, 1.82) is 0 Å². The van der Waals surface area contributed by atoms with Gasteiger partial charge in [0.1, 0.15) is 22.6 Å². The second-order valence-electron chi connectivity index (χ2n) is 10.6. The molecule has 3 aliphatic heterocycles. The maximum absolute atomic E-state index is 13.2. The molecule has 0 aromatic heterocycles. The number of methoxy groups -OCH3 is 2. The van der Waals surface area contributed by atoms with E-state index in [1.54, 1.807) is 26.2 Å². The first-order valence-electron chi connectivity index (χ1n) is 12.7. The van der Waals surface area contributed by atoms with Crippen LogP contribution in [0.2, 0.25) is 5.02 Å². The van der Waals surface area contributed by atoms with Crippen molar-refractivity contribution in [2.75, 3.05) is 26.2 Å². The number of fused-ring (bicyclic) bond motifs is 5. The number of anilines is 1. The lowest BCUT2D eigenvalue weighted by Gasteiger charge is -2.41. The largest absolute Gasteiger partial charge is 0.495 e. The van der Waals surface area contributed by atoms with Crippen molar-refractivity contribution in [2.45, 2.75) is 76.4 Å². The molecule has 0 radical (unpaired) electrons. The highest BCUT2D eigenvalue weighted by atomic mass is 35.5. The van der Waals surface area contributed by atoms with Gasteiger partial charge < -0.3 is 23.8 Å². The Bertz CT molecular complexity index is 1120. The van der Waals surface area contributed by atoms with Crippen molar-refractivity contribution in [3.8, 4) is 5.75 Å². The third-order valence-corrected chi connectivity index (χ3v) is 8.21. The summed E-state index contributed by atoms with van der Waals surface area (Å²) in [5.41, 5.74) is 1.37. The van der Waals surface area contributed by atoms with Gasteiger partial charge in [-0.05, 0) is 44.4 Å². The van der Waals surface area contributed by atoms with Crippen LogP contribution in [-0.4, -0.2) is 56.8 Å². The molecule has 3 aliphatic rings. The molecule has 4 bridgehead atoms. The summed E-state index contributed by atoms with van der Waals surface area (Å²) in [6.07, 6.45) is 7.44. The highest BCUT2D eigenvalue weighted by Gasteiger charge is 2.58. The number of nitrogens with zero attached hydrogens (tertiary/aromatic N) is 1. The number of halogens is 1. The fourth-order valence-corrected chi connectivity index (χ4v) is 5.71. The van der Waals surface area contributed by atoms with Gasteiger partial charge in [-0.2, -0.15) is 0 Å². The maximum atomic E-state index is 13.2. The Balaban J connectivity index is 1.68. The van der Waals surface area contributed by atoms with Gasteiger partial charge >= 0.3 is 6.09 Å². The molecule has 3 heterocycles. The summed E-state index contributed by atoms with van der Waals surface area (Å²) in [7, 11) is 4.90. The van der Waals surface area contributed by atoms with Gasteiger partial charge in [0.25, 0.3) is 0 Å². The Morgan fingerprint density at radius 1 is 1.24 bits per heavy atom. The molecule has 0 spiro atoms. The van der Waals surface area contributed by atoms with Crippen LogP contribution in [0.5, 0.6) is 5.75 Å². The summed E-state index contributed by atoms with van der Waals surface area (Å²) in [4.78, 5) is 27.3. The Morgan fingerprint density at radius 3 is 2.70 bits per heavy atom. The molecule has 2 amide bonds. The van der Waals surface area contributed by atoms with Crippen molar-refractivity contribution in [2.24, 2.45) is 5.92 Å². The average Bonchev–Trinajstić information content (AvgIpc) is 3.55. The predicted octanol–water partition coefficient (Wildman–Crippen LogP) is 5.18. The van der Waals surface area contributed by atoms with E-state index in [1.165, 1.54) is 0 Å². The van der Waals surface area contributed by atoms with Gasteiger partial charge in [-0.25, -0.2) is 4.79 Å². The van der Waals surface area contributed by atoms with Crippen LogP contribution >= 0.6 is 11.6 Å². The first-order chi connectivity index (χ1) is 17.5. The number of rotatable bonds is 2. The normalized spacial score (nSPS) is 34.9. The van der Waals surface area contributed by atoms with E-state index in [2.05, 4.69) is 5.32 Å². The van der Waals surface area contributed by atoms with Crippen molar-refractivity contribution in [3.05, 3.63) is 46.5 Å². The maximum Gasteiger partial charge on any atom is 0.409 e. The van der Waals surface area contributed by atoms with E-state index in [4.69, 9.17) is 30.5 Å². The molecule has 202 valence electrons. The number of nitrogens with one attached hydrogen (secondary N) is 1. The molecular weight excluding hydrogens is 496 g/mol. The molecule has 2 fully saturated rings. The van der Waals surface area contributed by atoms with Crippen LogP contribution in [0.15, 0.2) is 35.9 Å². The Morgan fingerprint density at radius 2 is 2.00 bits per heavy atom. The number of carbonyl (C=O) groups is 2. The molecule has 4 rings (SSSR count). The molecule has 0 unspecified atom stereocenters. The summed E-state index contributed by atoms with van der Waals surface area (Å²) < 4.78 is 23.1. The van der Waals surface area contributed by atoms with Gasteiger partial charge in [0.05, 0.1) is 24.5 Å². The molecule has 8 nitrogen and oxygen atoms in total. The van der Waals surface area contributed by atoms with Crippen molar-refractivity contribution < 1.29 is 28.5 Å². The molecule has 37 heavy (non-hydrogen) atoms. The van der Waals surface area contributed by atoms with Crippen molar-refractivity contribution in [3.63, 3.8) is 0 Å². The summed E-state index contributed by atoms with van der Waals surface area (Å²) in [5, 5.41) is 3.27. The second kappa shape index (κ2) is 10.7. The van der Waals surface area contributed by atoms with E-state index in [1.807, 2.05) is 51.1 Å². The molecule has 2 saturated heterocycles. The van der Waals surface area contributed by atoms with Crippen molar-refractivity contribution >= 4 is 29.3 Å². The molecule has 0 aliphatic carbocycles. The van der Waals surface area contributed by atoms with Crippen LogP contribution in [0.1, 0.15) is 52.0 Å². The summed E-state index contributed by atoms with van der Waals surface area (Å²) in [6, 6.07) is 3.84. The number of alkyl carbamates (subject to hydrolysis) is 1. The number of hydrogen-bond acceptors (Lipinski definition) is 6. The predicted molar refractivity (Wildman–Crippen MR) is 142 cm³/mol. The van der Waals surface area contributed by atoms with E-state index in [-0.39, 0.29) is 30.5 Å². The zero-order chi connectivity index (χ0) is 27.0. The smallest absolute Gasteiger partial charge is 0.409 e. The third kappa shape index (κ3) is 5.81. The highest BCUT2D eigenvalue weighted by molar-refractivity contribution is 6.35. The third-order valence-electron chi connectivity index (χ3n) is 7.83. The minimum Gasteiger partial charge on any atom is -0.495 e. The van der Waals surface area contributed by atoms with E-state index >= 15 is 0 Å². The molecule has 0 saturated carbocycles. The number of benzene rings is 1. The molecule has 1 aromatic rings. The van der Waals surface area contributed by atoms with Crippen LogP contribution < -0.4 is 15.0 Å². The number of epoxide rings is 1. The Hall–Kier alpha value is -2.55. The topological polar surface area (TPSA) is 89.6 Å². The van der Waals surface area contributed by atoms with Gasteiger partial charge in [0.15, 0.2) is 0 Å². The molecular formula is C28H37ClN2O6. The van der Waals surface area contributed by atoms with Crippen LogP contribution in [-0.2, 0) is 25.4 Å². The van der Waals surface area contributed by atoms with Crippen LogP contribution in [0.4, 0.5) is 10.5 Å². The van der Waals surface area contributed by atoms with Gasteiger partial charge in [0.2, 0.25) is 5.91 Å². The summed E-state index contributed by atoms with van der Waals surface area (Å²) in [6.45, 7) is 6.06. The fourth-order valence-electron chi connectivity index (χ4n) is 5.39. The average molecular weight is 533 g/mol. The first kappa shape index (κ1) is 27.5. The molecule has 5 atom stereocenters. The Labute approximate surface area is 223 Å². The molecule has 9 heteroatoms. The van der Waals surface area contributed by atoms with E-state index in [9.17, 15) is 9.59 Å². The highest BCUT2D eigenvalue weighted by Crippen LogP contribution is 2.48. The van der Waals surface area contributed by atoms with Gasteiger partial charge in [0, 0.05) is 39.3 Å². The zero-order valence-electron chi connectivity index (χ0n) is 22.4. The molecule has 1 aromatic carbocycles. The fraction of sp³-hybridized carbons (Fsp3) is 0.571. The van der Waals surface area contributed by atoms with Crippen molar-refractivity contribution in [1.82, 2.24) is 5.32 Å².